The molecule has 2 aromatic heterocycles. The number of nitrogens with zero attached hydrogens (tertiary/aromatic N) is 2. The first kappa shape index (κ1) is 20.7. The molecule has 0 bridgehead atoms. The highest BCUT2D eigenvalue weighted by Crippen LogP contribution is 2.24. The van der Waals surface area contributed by atoms with Crippen LogP contribution in [-0.2, 0) is 6.61 Å². The van der Waals surface area contributed by atoms with Gasteiger partial charge < -0.3 is 19.6 Å². The Kier molecular flexibility index (Phi) is 5.75. The van der Waals surface area contributed by atoms with Crippen molar-refractivity contribution < 1.29 is 14.1 Å². The predicted molar refractivity (Wildman–Crippen MR) is 118 cm³/mol. The van der Waals surface area contributed by atoms with Crippen LogP contribution in [0.5, 0.6) is 5.75 Å². The van der Waals surface area contributed by atoms with Crippen molar-refractivity contribution in [1.29, 1.82) is 0 Å². The molecule has 0 aliphatic heterocycles. The smallest absolute Gasteiger partial charge is 0.252 e. The molecule has 0 saturated carbocycles. The maximum atomic E-state index is 13.0. The SMILES string of the molecule is Cc1noc(C)c1COc1cccc(C(=O)N[C@H](c2nc3ccccc3[nH]2)C(C)C)c1. The molecule has 0 unspecified atom stereocenters. The van der Waals surface area contributed by atoms with Crippen molar-refractivity contribution in [3.63, 3.8) is 0 Å². The van der Waals surface area contributed by atoms with E-state index in [-0.39, 0.29) is 17.9 Å². The number of fused-ring (bicyclic) bond motifs is 1. The van der Waals surface area contributed by atoms with Crippen LogP contribution in [0.4, 0.5) is 0 Å². The van der Waals surface area contributed by atoms with Gasteiger partial charge in [0.15, 0.2) is 0 Å². The van der Waals surface area contributed by atoms with E-state index in [9.17, 15) is 4.79 Å². The topological polar surface area (TPSA) is 93.0 Å². The van der Waals surface area contributed by atoms with E-state index in [1.165, 1.54) is 0 Å². The zero-order chi connectivity index (χ0) is 22.0. The van der Waals surface area contributed by atoms with Crippen molar-refractivity contribution in [2.45, 2.75) is 40.3 Å². The summed E-state index contributed by atoms with van der Waals surface area (Å²) in [6, 6.07) is 14.7. The Bertz CT molecular complexity index is 1160. The van der Waals surface area contributed by atoms with E-state index < -0.39 is 0 Å². The molecular formula is C24H26N4O3. The van der Waals surface area contributed by atoms with Gasteiger partial charge in [0.1, 0.15) is 23.9 Å². The van der Waals surface area contributed by atoms with E-state index in [2.05, 4.69) is 34.3 Å². The summed E-state index contributed by atoms with van der Waals surface area (Å²) in [6.45, 7) is 8.18. The molecular weight excluding hydrogens is 392 g/mol. The summed E-state index contributed by atoms with van der Waals surface area (Å²) < 4.78 is 11.1. The molecule has 0 spiro atoms. The van der Waals surface area contributed by atoms with Crippen LogP contribution < -0.4 is 10.1 Å². The normalized spacial score (nSPS) is 12.3. The van der Waals surface area contributed by atoms with Crippen LogP contribution in [0.2, 0.25) is 0 Å². The Balaban J connectivity index is 1.49. The quantitative estimate of drug-likeness (QED) is 0.446. The number of aromatic amines is 1. The minimum Gasteiger partial charge on any atom is -0.489 e. The average molecular weight is 418 g/mol. The predicted octanol–water partition coefficient (Wildman–Crippen LogP) is 4.87. The fourth-order valence-corrected chi connectivity index (χ4v) is 3.49. The molecule has 1 amide bonds. The van der Waals surface area contributed by atoms with Gasteiger partial charge in [0, 0.05) is 5.56 Å². The number of hydrogen-bond acceptors (Lipinski definition) is 5. The summed E-state index contributed by atoms with van der Waals surface area (Å²) >= 11 is 0. The lowest BCUT2D eigenvalue weighted by atomic mass is 10.0. The van der Waals surface area contributed by atoms with Crippen molar-refractivity contribution in [2.75, 3.05) is 0 Å². The molecule has 2 N–H and O–H groups in total. The number of benzene rings is 2. The van der Waals surface area contributed by atoms with Crippen LogP contribution in [-0.4, -0.2) is 21.0 Å². The molecule has 4 rings (SSSR count). The second-order valence-electron chi connectivity index (χ2n) is 7.95. The summed E-state index contributed by atoms with van der Waals surface area (Å²) in [5.74, 6) is 2.07. The molecule has 0 aliphatic rings. The molecule has 2 heterocycles. The van der Waals surface area contributed by atoms with Crippen molar-refractivity contribution >= 4 is 16.9 Å². The molecule has 0 fully saturated rings. The summed E-state index contributed by atoms with van der Waals surface area (Å²) in [4.78, 5) is 21.0. The zero-order valence-corrected chi connectivity index (χ0v) is 18.1. The van der Waals surface area contributed by atoms with Gasteiger partial charge in [-0.25, -0.2) is 4.98 Å². The van der Waals surface area contributed by atoms with Crippen molar-refractivity contribution in [3.8, 4) is 5.75 Å². The van der Waals surface area contributed by atoms with Crippen molar-refractivity contribution in [1.82, 2.24) is 20.4 Å². The second-order valence-corrected chi connectivity index (χ2v) is 7.95. The molecule has 7 heteroatoms. The lowest BCUT2D eigenvalue weighted by molar-refractivity contribution is 0.0923. The minimum atomic E-state index is -0.244. The van der Waals surface area contributed by atoms with E-state index in [4.69, 9.17) is 9.26 Å². The number of imidazole rings is 1. The van der Waals surface area contributed by atoms with Crippen LogP contribution >= 0.6 is 0 Å². The van der Waals surface area contributed by atoms with Crippen LogP contribution in [0.3, 0.4) is 0 Å². The van der Waals surface area contributed by atoms with E-state index in [0.29, 0.717) is 17.9 Å². The Morgan fingerprint density at radius 1 is 1.16 bits per heavy atom. The van der Waals surface area contributed by atoms with E-state index in [1.54, 1.807) is 12.1 Å². The Morgan fingerprint density at radius 2 is 1.97 bits per heavy atom. The summed E-state index contributed by atoms with van der Waals surface area (Å²) in [5.41, 5.74) is 4.08. The highest BCUT2D eigenvalue weighted by molar-refractivity contribution is 5.94. The molecule has 0 aliphatic carbocycles. The van der Waals surface area contributed by atoms with Crippen LogP contribution in [0.1, 0.15) is 53.1 Å². The van der Waals surface area contributed by atoms with Gasteiger partial charge >= 0.3 is 0 Å². The first-order valence-corrected chi connectivity index (χ1v) is 10.3. The summed E-state index contributed by atoms with van der Waals surface area (Å²) in [5, 5.41) is 7.05. The Labute approximate surface area is 180 Å². The number of carbonyl (C=O) groups is 1. The second kappa shape index (κ2) is 8.63. The highest BCUT2D eigenvalue weighted by Gasteiger charge is 2.22. The summed E-state index contributed by atoms with van der Waals surface area (Å²) in [7, 11) is 0. The van der Waals surface area contributed by atoms with Gasteiger partial charge in [-0.15, -0.1) is 0 Å². The van der Waals surface area contributed by atoms with E-state index in [0.717, 1.165) is 33.9 Å². The standard InChI is InChI=1S/C24H26N4O3/c1-14(2)22(23-25-20-10-5-6-11-21(20)26-23)27-24(29)17-8-7-9-18(12-17)30-13-19-15(3)28-31-16(19)4/h5-12,14,22H,13H2,1-4H3,(H,25,26)(H,27,29)/t22-/m0/s1. The largest absolute Gasteiger partial charge is 0.489 e. The number of para-hydroxylation sites is 2. The molecule has 0 saturated heterocycles. The monoisotopic (exact) mass is 418 g/mol. The first-order chi connectivity index (χ1) is 14.9. The number of ether oxygens (including phenoxy) is 1. The van der Waals surface area contributed by atoms with Gasteiger partial charge in [-0.2, -0.15) is 0 Å². The third-order valence-corrected chi connectivity index (χ3v) is 5.32. The Hall–Kier alpha value is -3.61. The number of aromatic nitrogens is 3. The maximum absolute atomic E-state index is 13.0. The van der Waals surface area contributed by atoms with Gasteiger partial charge in [0.2, 0.25) is 0 Å². The van der Waals surface area contributed by atoms with Gasteiger partial charge in [-0.05, 0) is 50.1 Å². The van der Waals surface area contributed by atoms with Crippen molar-refractivity contribution in [2.24, 2.45) is 5.92 Å². The fraction of sp³-hybridized carbons (Fsp3) is 0.292. The average Bonchev–Trinajstić information content (AvgIpc) is 3.33. The molecule has 0 radical (unpaired) electrons. The van der Waals surface area contributed by atoms with Crippen LogP contribution in [0.25, 0.3) is 11.0 Å². The molecule has 7 nitrogen and oxygen atoms in total. The van der Waals surface area contributed by atoms with Gasteiger partial charge in [-0.1, -0.05) is 37.2 Å². The number of rotatable bonds is 7. The molecule has 1 atom stereocenters. The number of nitrogens with one attached hydrogen (secondary N) is 2. The van der Waals surface area contributed by atoms with Gasteiger partial charge in [0.25, 0.3) is 5.91 Å². The third kappa shape index (κ3) is 4.45. The van der Waals surface area contributed by atoms with E-state index >= 15 is 0 Å². The number of H-pyrrole nitrogens is 1. The first-order valence-electron chi connectivity index (χ1n) is 10.3. The fourth-order valence-electron chi connectivity index (χ4n) is 3.49. The summed E-state index contributed by atoms with van der Waals surface area (Å²) in [6.07, 6.45) is 0. The van der Waals surface area contributed by atoms with Crippen molar-refractivity contribution in [3.05, 3.63) is 76.9 Å². The number of aryl methyl sites for hydroxylation is 2. The highest BCUT2D eigenvalue weighted by atomic mass is 16.5. The Morgan fingerprint density at radius 3 is 2.68 bits per heavy atom. The maximum Gasteiger partial charge on any atom is 0.252 e. The number of amides is 1. The van der Waals surface area contributed by atoms with Crippen LogP contribution in [0, 0.1) is 19.8 Å². The van der Waals surface area contributed by atoms with Crippen LogP contribution in [0.15, 0.2) is 53.1 Å². The molecule has 4 aromatic rings. The van der Waals surface area contributed by atoms with Gasteiger partial charge in [-0.3, -0.25) is 4.79 Å². The van der Waals surface area contributed by atoms with Gasteiger partial charge in [0.05, 0.1) is 28.3 Å². The minimum absolute atomic E-state index is 0.156. The lowest BCUT2D eigenvalue weighted by Crippen LogP contribution is -2.32. The molecule has 31 heavy (non-hydrogen) atoms. The molecule has 2 aromatic carbocycles. The van der Waals surface area contributed by atoms with E-state index in [1.807, 2.05) is 50.2 Å². The third-order valence-electron chi connectivity index (χ3n) is 5.32. The number of carbonyl (C=O) groups excluding carboxylic acids is 1. The zero-order valence-electron chi connectivity index (χ0n) is 18.1. The molecule has 160 valence electrons. The lowest BCUT2D eigenvalue weighted by Gasteiger charge is -2.20. The number of hydrogen-bond donors (Lipinski definition) is 2.